The summed E-state index contributed by atoms with van der Waals surface area (Å²) < 4.78 is 0.0539. The van der Waals surface area contributed by atoms with Crippen LogP contribution in [0.15, 0.2) is 4.49 Å². The van der Waals surface area contributed by atoms with E-state index >= 15 is 0 Å². The largest absolute Gasteiger partial charge is 0.478 e. The van der Waals surface area contributed by atoms with E-state index in [1.54, 1.807) is 6.92 Å². The van der Waals surface area contributed by atoms with Crippen LogP contribution in [0.1, 0.15) is 38.2 Å². The molecule has 0 heterocycles. The number of hydrogen-bond acceptors (Lipinski definition) is 1. The molecule has 0 aromatic heterocycles. The number of benzene rings is 1. The number of aromatic carboxylic acids is 1. The molecule has 1 aromatic carbocycles. The molecule has 0 spiro atoms. The standard InChI is InChI=1S/C13H14Cl2O2/c1-6-7(2)9(4)12(13(16)17)10(8(6)3)5-11(14)15/h5H,1-4H3,(H,16,17). The molecule has 92 valence electrons. The maximum absolute atomic E-state index is 11.3. The minimum Gasteiger partial charge on any atom is -0.478 e. The fourth-order valence-corrected chi connectivity index (χ4v) is 2.12. The molecule has 1 N–H and O–H groups in total. The summed E-state index contributed by atoms with van der Waals surface area (Å²) >= 11 is 11.3. The highest BCUT2D eigenvalue weighted by molar-refractivity contribution is 6.57. The molecule has 0 fully saturated rings. The van der Waals surface area contributed by atoms with Gasteiger partial charge in [-0.1, -0.05) is 23.2 Å². The van der Waals surface area contributed by atoms with Crippen LogP contribution in [0.4, 0.5) is 0 Å². The molecule has 1 aromatic rings. The highest BCUT2D eigenvalue weighted by atomic mass is 35.5. The molecular weight excluding hydrogens is 259 g/mol. The van der Waals surface area contributed by atoms with E-state index in [2.05, 4.69) is 0 Å². The van der Waals surface area contributed by atoms with Gasteiger partial charge in [-0.2, -0.15) is 0 Å². The Kier molecular flexibility index (Phi) is 4.23. The molecule has 1 rings (SSSR count). The lowest BCUT2D eigenvalue weighted by Gasteiger charge is -2.16. The van der Waals surface area contributed by atoms with Crippen molar-refractivity contribution in [3.05, 3.63) is 37.9 Å². The summed E-state index contributed by atoms with van der Waals surface area (Å²) in [5, 5.41) is 9.28. The zero-order valence-corrected chi connectivity index (χ0v) is 11.7. The van der Waals surface area contributed by atoms with E-state index in [-0.39, 0.29) is 10.1 Å². The van der Waals surface area contributed by atoms with Gasteiger partial charge < -0.3 is 5.11 Å². The highest BCUT2D eigenvalue weighted by Gasteiger charge is 2.18. The van der Waals surface area contributed by atoms with Gasteiger partial charge in [0.15, 0.2) is 0 Å². The van der Waals surface area contributed by atoms with Crippen LogP contribution < -0.4 is 0 Å². The summed E-state index contributed by atoms with van der Waals surface area (Å²) in [5.41, 5.74) is 4.55. The summed E-state index contributed by atoms with van der Waals surface area (Å²) in [5.74, 6) is -0.963. The Balaban J connectivity index is 3.78. The number of carboxylic acids is 1. The van der Waals surface area contributed by atoms with Crippen LogP contribution in [0.5, 0.6) is 0 Å². The molecule has 0 aliphatic rings. The van der Waals surface area contributed by atoms with Crippen molar-refractivity contribution in [3.63, 3.8) is 0 Å². The number of carbonyl (C=O) groups is 1. The maximum Gasteiger partial charge on any atom is 0.336 e. The molecule has 17 heavy (non-hydrogen) atoms. The SMILES string of the molecule is Cc1c(C)c(C)c(C(=O)O)c(C=C(Cl)Cl)c1C. The first-order valence-corrected chi connectivity index (χ1v) is 5.89. The molecule has 0 atom stereocenters. The molecule has 0 saturated heterocycles. The van der Waals surface area contributed by atoms with Gasteiger partial charge in [-0.05, 0) is 61.6 Å². The Bertz CT molecular complexity index is 513. The van der Waals surface area contributed by atoms with E-state index < -0.39 is 5.97 Å². The molecule has 4 heteroatoms. The normalized spacial score (nSPS) is 10.2. The number of rotatable bonds is 2. The monoisotopic (exact) mass is 272 g/mol. The first-order chi connectivity index (χ1) is 7.77. The molecule has 0 aliphatic heterocycles. The van der Waals surface area contributed by atoms with Crippen molar-refractivity contribution in [2.75, 3.05) is 0 Å². The van der Waals surface area contributed by atoms with E-state index in [4.69, 9.17) is 23.2 Å². The van der Waals surface area contributed by atoms with E-state index in [0.717, 1.165) is 22.3 Å². The van der Waals surface area contributed by atoms with E-state index in [0.29, 0.717) is 5.56 Å². The van der Waals surface area contributed by atoms with Crippen LogP contribution in [0.25, 0.3) is 6.08 Å². The van der Waals surface area contributed by atoms with Gasteiger partial charge in [0, 0.05) is 0 Å². The van der Waals surface area contributed by atoms with Crippen molar-refractivity contribution in [2.45, 2.75) is 27.7 Å². The van der Waals surface area contributed by atoms with Crippen molar-refractivity contribution in [3.8, 4) is 0 Å². The second kappa shape index (κ2) is 5.11. The van der Waals surface area contributed by atoms with Crippen molar-refractivity contribution < 1.29 is 9.90 Å². The first kappa shape index (κ1) is 14.1. The molecule has 2 nitrogen and oxygen atoms in total. The number of halogens is 2. The molecule has 0 aliphatic carbocycles. The van der Waals surface area contributed by atoms with Gasteiger partial charge >= 0.3 is 5.97 Å². The lowest BCUT2D eigenvalue weighted by atomic mass is 9.89. The molecule has 0 radical (unpaired) electrons. The third-order valence-corrected chi connectivity index (χ3v) is 3.42. The summed E-state index contributed by atoms with van der Waals surface area (Å²) in [4.78, 5) is 11.3. The second-order valence-electron chi connectivity index (χ2n) is 4.03. The topological polar surface area (TPSA) is 37.3 Å². The average Bonchev–Trinajstić information content (AvgIpc) is 2.22. The van der Waals surface area contributed by atoms with Crippen LogP contribution in [-0.4, -0.2) is 11.1 Å². The quantitative estimate of drug-likeness (QED) is 0.867. The van der Waals surface area contributed by atoms with E-state index in [1.807, 2.05) is 20.8 Å². The van der Waals surface area contributed by atoms with Crippen molar-refractivity contribution in [1.82, 2.24) is 0 Å². The summed E-state index contributed by atoms with van der Waals surface area (Å²) in [6.45, 7) is 7.55. The van der Waals surface area contributed by atoms with Gasteiger partial charge in [0.05, 0.1) is 5.56 Å². The van der Waals surface area contributed by atoms with Crippen LogP contribution in [0, 0.1) is 27.7 Å². The average molecular weight is 273 g/mol. The van der Waals surface area contributed by atoms with Gasteiger partial charge in [-0.3, -0.25) is 0 Å². The minimum absolute atomic E-state index is 0.0539. The van der Waals surface area contributed by atoms with Crippen molar-refractivity contribution >= 4 is 35.2 Å². The molecular formula is C13H14Cl2O2. The fraction of sp³-hybridized carbons (Fsp3) is 0.308. The molecule has 0 unspecified atom stereocenters. The zero-order chi connectivity index (χ0) is 13.3. The molecule has 0 saturated carbocycles. The van der Waals surface area contributed by atoms with Gasteiger partial charge in [0.25, 0.3) is 0 Å². The molecule has 0 bridgehead atoms. The van der Waals surface area contributed by atoms with Gasteiger partial charge in [-0.15, -0.1) is 0 Å². The summed E-state index contributed by atoms with van der Waals surface area (Å²) in [6.07, 6.45) is 1.49. The maximum atomic E-state index is 11.3. The van der Waals surface area contributed by atoms with Crippen LogP contribution in [0.2, 0.25) is 0 Å². The Labute approximate surface area is 111 Å². The third kappa shape index (κ3) is 2.64. The van der Waals surface area contributed by atoms with Crippen LogP contribution in [-0.2, 0) is 0 Å². The van der Waals surface area contributed by atoms with E-state index in [9.17, 15) is 9.90 Å². The third-order valence-electron chi connectivity index (χ3n) is 3.20. The lowest BCUT2D eigenvalue weighted by Crippen LogP contribution is -2.08. The fourth-order valence-electron chi connectivity index (χ4n) is 1.91. The molecule has 0 amide bonds. The predicted molar refractivity (Wildman–Crippen MR) is 72.0 cm³/mol. The lowest BCUT2D eigenvalue weighted by molar-refractivity contribution is 0.0695. The van der Waals surface area contributed by atoms with Gasteiger partial charge in [-0.25, -0.2) is 4.79 Å². The Morgan fingerprint density at radius 1 is 1.00 bits per heavy atom. The van der Waals surface area contributed by atoms with E-state index in [1.165, 1.54) is 6.08 Å². The van der Waals surface area contributed by atoms with Crippen LogP contribution >= 0.6 is 23.2 Å². The summed E-state index contributed by atoms with van der Waals surface area (Å²) in [6, 6.07) is 0. The highest BCUT2D eigenvalue weighted by Crippen LogP contribution is 2.29. The van der Waals surface area contributed by atoms with Crippen molar-refractivity contribution in [2.24, 2.45) is 0 Å². The Morgan fingerprint density at radius 2 is 1.47 bits per heavy atom. The number of carboxylic acid groups (broad SMARTS) is 1. The minimum atomic E-state index is -0.963. The predicted octanol–water partition coefficient (Wildman–Crippen LogP) is 4.39. The summed E-state index contributed by atoms with van der Waals surface area (Å²) in [7, 11) is 0. The van der Waals surface area contributed by atoms with Crippen molar-refractivity contribution in [1.29, 1.82) is 0 Å². The second-order valence-corrected chi connectivity index (χ2v) is 5.04. The van der Waals surface area contributed by atoms with Gasteiger partial charge in [0.2, 0.25) is 0 Å². The Morgan fingerprint density at radius 3 is 1.88 bits per heavy atom. The Hall–Kier alpha value is -0.990. The smallest absolute Gasteiger partial charge is 0.336 e. The van der Waals surface area contributed by atoms with Crippen LogP contribution in [0.3, 0.4) is 0 Å². The number of hydrogen-bond donors (Lipinski definition) is 1. The zero-order valence-electron chi connectivity index (χ0n) is 10.2. The van der Waals surface area contributed by atoms with Gasteiger partial charge in [0.1, 0.15) is 4.49 Å². The first-order valence-electron chi connectivity index (χ1n) is 5.13.